The Labute approximate surface area is 108 Å². The molecule has 0 bridgehead atoms. The first-order chi connectivity index (χ1) is 8.97. The van der Waals surface area contributed by atoms with Crippen molar-refractivity contribution < 1.29 is 19.4 Å². The molecule has 0 saturated carbocycles. The number of urea groups is 1. The van der Waals surface area contributed by atoms with Gasteiger partial charge in [-0.25, -0.2) is 4.79 Å². The molecular weight excluding hydrogens is 250 g/mol. The van der Waals surface area contributed by atoms with E-state index in [-0.39, 0.29) is 17.1 Å². The van der Waals surface area contributed by atoms with Crippen LogP contribution in [0.15, 0.2) is 23.8 Å². The number of phenols is 1. The summed E-state index contributed by atoms with van der Waals surface area (Å²) in [6, 6.07) is 4.90. The number of nitrogens with one attached hydrogen (secondary N) is 1. The molecule has 7 nitrogen and oxygen atoms in total. The second kappa shape index (κ2) is 6.07. The maximum absolute atomic E-state index is 11.4. The molecule has 0 aliphatic carbocycles. The van der Waals surface area contributed by atoms with Crippen LogP contribution >= 0.6 is 0 Å². The van der Waals surface area contributed by atoms with E-state index in [2.05, 4.69) is 0 Å². The molecule has 0 aliphatic rings. The minimum Gasteiger partial charge on any atom is -0.504 e. The van der Waals surface area contributed by atoms with Gasteiger partial charge in [-0.3, -0.25) is 10.1 Å². The number of carbonyl (C=O) groups excluding carboxylic acids is 2. The highest BCUT2D eigenvalue weighted by Crippen LogP contribution is 2.27. The van der Waals surface area contributed by atoms with Crippen LogP contribution in [-0.4, -0.2) is 24.2 Å². The molecule has 0 aromatic heterocycles. The summed E-state index contributed by atoms with van der Waals surface area (Å²) in [5.41, 5.74) is 4.86. The summed E-state index contributed by atoms with van der Waals surface area (Å²) in [5.74, 6) is -0.786. The van der Waals surface area contributed by atoms with E-state index in [1.54, 1.807) is 11.4 Å². The predicted octanol–water partition coefficient (Wildman–Crippen LogP) is 0.503. The van der Waals surface area contributed by atoms with E-state index in [9.17, 15) is 14.7 Å². The van der Waals surface area contributed by atoms with Crippen LogP contribution in [0.3, 0.4) is 0 Å². The predicted molar refractivity (Wildman–Crippen MR) is 66.0 cm³/mol. The number of methoxy groups -OCH3 is 1. The number of carbonyl (C=O) groups is 2. The van der Waals surface area contributed by atoms with Crippen LogP contribution in [0.5, 0.6) is 11.5 Å². The first-order valence-corrected chi connectivity index (χ1v) is 5.07. The number of amides is 3. The highest BCUT2D eigenvalue weighted by atomic mass is 16.5. The van der Waals surface area contributed by atoms with Gasteiger partial charge in [0.25, 0.3) is 5.91 Å². The normalized spacial score (nSPS) is 10.4. The van der Waals surface area contributed by atoms with Crippen LogP contribution in [0.1, 0.15) is 5.56 Å². The van der Waals surface area contributed by atoms with Crippen molar-refractivity contribution in [3.63, 3.8) is 0 Å². The number of hydrogen-bond acceptors (Lipinski definition) is 5. The number of nitriles is 1. The minimum atomic E-state index is -1.05. The van der Waals surface area contributed by atoms with Crippen molar-refractivity contribution in [3.8, 4) is 17.6 Å². The highest BCUT2D eigenvalue weighted by molar-refractivity contribution is 6.08. The first kappa shape index (κ1) is 14.1. The molecule has 0 fully saturated rings. The first-order valence-electron chi connectivity index (χ1n) is 5.07. The fourth-order valence-corrected chi connectivity index (χ4v) is 1.29. The average molecular weight is 261 g/mol. The Bertz CT molecular complexity index is 587. The van der Waals surface area contributed by atoms with Gasteiger partial charge in [0, 0.05) is 0 Å². The maximum Gasteiger partial charge on any atom is 0.319 e. The molecule has 1 rings (SSSR count). The van der Waals surface area contributed by atoms with Crippen LogP contribution in [0.2, 0.25) is 0 Å². The third kappa shape index (κ3) is 3.74. The smallest absolute Gasteiger partial charge is 0.319 e. The van der Waals surface area contributed by atoms with Gasteiger partial charge in [-0.1, -0.05) is 6.07 Å². The molecule has 1 aromatic carbocycles. The third-order valence-electron chi connectivity index (χ3n) is 2.12. The number of nitrogens with two attached hydrogens (primary N) is 1. The lowest BCUT2D eigenvalue weighted by Crippen LogP contribution is -2.35. The number of imide groups is 1. The lowest BCUT2D eigenvalue weighted by molar-refractivity contribution is -0.115. The van der Waals surface area contributed by atoms with Gasteiger partial charge in [0.2, 0.25) is 0 Å². The fourth-order valence-electron chi connectivity index (χ4n) is 1.29. The molecule has 98 valence electrons. The van der Waals surface area contributed by atoms with Crippen molar-refractivity contribution in [2.24, 2.45) is 5.73 Å². The molecule has 3 amide bonds. The molecule has 0 saturated heterocycles. The quantitative estimate of drug-likeness (QED) is 0.539. The summed E-state index contributed by atoms with van der Waals surface area (Å²) in [7, 11) is 1.39. The zero-order valence-electron chi connectivity index (χ0n) is 10.0. The molecule has 4 N–H and O–H groups in total. The molecule has 0 heterocycles. The third-order valence-corrected chi connectivity index (χ3v) is 2.12. The van der Waals surface area contributed by atoms with Crippen LogP contribution < -0.4 is 15.8 Å². The van der Waals surface area contributed by atoms with Crippen LogP contribution in [0.4, 0.5) is 4.79 Å². The maximum atomic E-state index is 11.4. The molecule has 0 atom stereocenters. The van der Waals surface area contributed by atoms with Crippen molar-refractivity contribution in [1.29, 1.82) is 5.26 Å². The Balaban J connectivity index is 3.05. The Morgan fingerprint density at radius 3 is 2.68 bits per heavy atom. The van der Waals surface area contributed by atoms with Gasteiger partial charge in [-0.2, -0.15) is 5.26 Å². The lowest BCUT2D eigenvalue weighted by Gasteiger charge is -2.04. The van der Waals surface area contributed by atoms with Crippen LogP contribution in [0.25, 0.3) is 6.08 Å². The van der Waals surface area contributed by atoms with Gasteiger partial charge in [0.1, 0.15) is 11.6 Å². The minimum absolute atomic E-state index is 0.135. The Morgan fingerprint density at radius 1 is 1.53 bits per heavy atom. The second-order valence-electron chi connectivity index (χ2n) is 3.42. The molecule has 0 unspecified atom stereocenters. The molecule has 0 spiro atoms. The van der Waals surface area contributed by atoms with E-state index in [4.69, 9.17) is 15.7 Å². The average Bonchev–Trinajstić information content (AvgIpc) is 2.35. The lowest BCUT2D eigenvalue weighted by atomic mass is 10.1. The Kier molecular flexibility index (Phi) is 4.49. The molecule has 1 aromatic rings. The van der Waals surface area contributed by atoms with E-state index in [0.717, 1.165) is 0 Å². The fraction of sp³-hybridized carbons (Fsp3) is 0.0833. The van der Waals surface area contributed by atoms with Gasteiger partial charge in [-0.05, 0) is 23.8 Å². The summed E-state index contributed by atoms with van der Waals surface area (Å²) in [5, 5.41) is 20.1. The Hall–Kier alpha value is -3.01. The Morgan fingerprint density at radius 2 is 2.21 bits per heavy atom. The van der Waals surface area contributed by atoms with Crippen molar-refractivity contribution in [1.82, 2.24) is 5.32 Å². The topological polar surface area (TPSA) is 125 Å². The molecule has 0 aliphatic heterocycles. The van der Waals surface area contributed by atoms with Gasteiger partial charge < -0.3 is 15.6 Å². The highest BCUT2D eigenvalue weighted by Gasteiger charge is 2.11. The van der Waals surface area contributed by atoms with Gasteiger partial charge in [-0.15, -0.1) is 0 Å². The number of phenolic OH excluding ortho intramolecular Hbond substituents is 1. The zero-order valence-corrected chi connectivity index (χ0v) is 10.0. The molecule has 19 heavy (non-hydrogen) atoms. The number of benzene rings is 1. The molecule has 0 radical (unpaired) electrons. The molecular formula is C12H11N3O4. The van der Waals surface area contributed by atoms with E-state index >= 15 is 0 Å². The van der Waals surface area contributed by atoms with E-state index in [1.807, 2.05) is 0 Å². The van der Waals surface area contributed by atoms with E-state index in [1.165, 1.54) is 31.4 Å². The number of aromatic hydroxyl groups is 1. The van der Waals surface area contributed by atoms with Crippen molar-refractivity contribution in [2.75, 3.05) is 7.11 Å². The zero-order chi connectivity index (χ0) is 14.4. The summed E-state index contributed by atoms with van der Waals surface area (Å²) < 4.78 is 4.86. The SMILES string of the molecule is COc1ccc(/C=C(/C#N)C(=O)NC(N)=O)cc1O. The number of hydrogen-bond donors (Lipinski definition) is 3. The van der Waals surface area contributed by atoms with Gasteiger partial charge in [0.05, 0.1) is 7.11 Å². The van der Waals surface area contributed by atoms with Crippen molar-refractivity contribution >= 4 is 18.0 Å². The van der Waals surface area contributed by atoms with E-state index < -0.39 is 11.9 Å². The van der Waals surface area contributed by atoms with Crippen molar-refractivity contribution in [3.05, 3.63) is 29.3 Å². The van der Waals surface area contributed by atoms with Crippen LogP contribution in [-0.2, 0) is 4.79 Å². The van der Waals surface area contributed by atoms with E-state index in [0.29, 0.717) is 5.56 Å². The number of nitrogens with zero attached hydrogens (tertiary/aromatic N) is 1. The monoisotopic (exact) mass is 261 g/mol. The summed E-state index contributed by atoms with van der Waals surface area (Å²) in [4.78, 5) is 21.9. The summed E-state index contributed by atoms with van der Waals surface area (Å²) >= 11 is 0. The van der Waals surface area contributed by atoms with Crippen LogP contribution in [0, 0.1) is 11.3 Å². The standard InChI is InChI=1S/C12H11N3O4/c1-19-10-3-2-7(5-9(10)16)4-8(6-13)11(17)15-12(14)18/h2-5,16H,1H3,(H3,14,15,17,18)/b8-4-. The van der Waals surface area contributed by atoms with Gasteiger partial charge in [0.15, 0.2) is 11.5 Å². The number of rotatable bonds is 3. The number of ether oxygens (including phenoxy) is 1. The van der Waals surface area contributed by atoms with Crippen molar-refractivity contribution in [2.45, 2.75) is 0 Å². The second-order valence-corrected chi connectivity index (χ2v) is 3.42. The number of primary amides is 1. The summed E-state index contributed by atoms with van der Waals surface area (Å²) in [6.07, 6.45) is 1.21. The van der Waals surface area contributed by atoms with Gasteiger partial charge >= 0.3 is 6.03 Å². The summed E-state index contributed by atoms with van der Waals surface area (Å²) in [6.45, 7) is 0. The largest absolute Gasteiger partial charge is 0.504 e. The molecule has 7 heteroatoms.